The molecule has 0 saturated carbocycles. The third-order valence-corrected chi connectivity index (χ3v) is 3.36. The van der Waals surface area contributed by atoms with Crippen LogP contribution in [0.15, 0.2) is 24.3 Å². The molecule has 5 nitrogen and oxygen atoms in total. The molecule has 1 aromatic carbocycles. The summed E-state index contributed by atoms with van der Waals surface area (Å²) in [6, 6.07) is 6.69. The molecule has 1 aliphatic heterocycles. The lowest BCUT2D eigenvalue weighted by molar-refractivity contribution is -0.133. The number of benzene rings is 1. The van der Waals surface area contributed by atoms with Crippen molar-refractivity contribution in [2.45, 2.75) is 26.8 Å². The van der Waals surface area contributed by atoms with E-state index in [-0.39, 0.29) is 23.8 Å². The summed E-state index contributed by atoms with van der Waals surface area (Å²) in [4.78, 5) is 26.0. The van der Waals surface area contributed by atoms with Crippen LogP contribution < -0.4 is 15.0 Å². The van der Waals surface area contributed by atoms with E-state index in [1.165, 1.54) is 4.90 Å². The molecule has 2 rings (SSSR count). The Morgan fingerprint density at radius 3 is 2.50 bits per heavy atom. The maximum Gasteiger partial charge on any atom is 0.250 e. The monoisotopic (exact) mass is 276 g/mol. The Morgan fingerprint density at radius 2 is 1.90 bits per heavy atom. The molecule has 1 heterocycles. The van der Waals surface area contributed by atoms with Crippen LogP contribution in [0, 0.1) is 5.41 Å². The predicted molar refractivity (Wildman–Crippen MR) is 76.7 cm³/mol. The molecule has 0 spiro atoms. The van der Waals surface area contributed by atoms with E-state index < -0.39 is 6.04 Å². The molecule has 1 aliphatic rings. The van der Waals surface area contributed by atoms with Gasteiger partial charge in [-0.3, -0.25) is 14.5 Å². The lowest BCUT2D eigenvalue weighted by Crippen LogP contribution is -2.62. The highest BCUT2D eigenvalue weighted by atomic mass is 16.5. The van der Waals surface area contributed by atoms with Gasteiger partial charge in [0.2, 0.25) is 5.91 Å². The highest BCUT2D eigenvalue weighted by Crippen LogP contribution is 2.31. The average molecular weight is 276 g/mol. The molecule has 1 unspecified atom stereocenters. The van der Waals surface area contributed by atoms with E-state index in [1.807, 2.05) is 32.9 Å². The summed E-state index contributed by atoms with van der Waals surface area (Å²) in [5, 5.41) is 2.77. The molecule has 1 N–H and O–H groups in total. The lowest BCUT2D eigenvalue weighted by atomic mass is 9.84. The number of nitrogens with one attached hydrogen (secondary N) is 1. The van der Waals surface area contributed by atoms with Gasteiger partial charge in [-0.1, -0.05) is 32.9 Å². The molecule has 0 radical (unpaired) electrons. The minimum atomic E-state index is -0.534. The summed E-state index contributed by atoms with van der Waals surface area (Å²) in [5.41, 5.74) is 0.289. The van der Waals surface area contributed by atoms with Gasteiger partial charge in [0.1, 0.15) is 18.3 Å². The van der Waals surface area contributed by atoms with Crippen molar-refractivity contribution in [2.75, 3.05) is 18.6 Å². The first kappa shape index (κ1) is 14.4. The maximum absolute atomic E-state index is 12.6. The smallest absolute Gasteiger partial charge is 0.250 e. The first-order valence-corrected chi connectivity index (χ1v) is 6.58. The van der Waals surface area contributed by atoms with Gasteiger partial charge in [0.25, 0.3) is 5.91 Å². The fourth-order valence-corrected chi connectivity index (χ4v) is 2.29. The molecule has 0 aliphatic carbocycles. The van der Waals surface area contributed by atoms with Crippen molar-refractivity contribution in [3.8, 4) is 5.75 Å². The van der Waals surface area contributed by atoms with Gasteiger partial charge in [0.15, 0.2) is 0 Å². The number of para-hydroxylation sites is 2. The number of hydrogen-bond donors (Lipinski definition) is 1. The normalized spacial score (nSPS) is 19.8. The van der Waals surface area contributed by atoms with Crippen molar-refractivity contribution in [1.29, 1.82) is 0 Å². The van der Waals surface area contributed by atoms with Gasteiger partial charge < -0.3 is 10.1 Å². The molecule has 20 heavy (non-hydrogen) atoms. The third-order valence-electron chi connectivity index (χ3n) is 3.36. The molecule has 1 saturated heterocycles. The van der Waals surface area contributed by atoms with Gasteiger partial charge in [0, 0.05) is 0 Å². The Kier molecular flexibility index (Phi) is 3.70. The largest absolute Gasteiger partial charge is 0.495 e. The first-order chi connectivity index (χ1) is 9.34. The number of anilines is 1. The van der Waals surface area contributed by atoms with Gasteiger partial charge in [-0.25, -0.2) is 0 Å². The van der Waals surface area contributed by atoms with E-state index in [2.05, 4.69) is 5.32 Å². The Bertz CT molecular complexity index is 534. The van der Waals surface area contributed by atoms with Crippen molar-refractivity contribution in [2.24, 2.45) is 5.41 Å². The number of ether oxygens (including phenoxy) is 1. The average Bonchev–Trinajstić information content (AvgIpc) is 2.39. The fourth-order valence-electron chi connectivity index (χ4n) is 2.29. The first-order valence-electron chi connectivity index (χ1n) is 6.58. The van der Waals surface area contributed by atoms with Crippen LogP contribution in [0.5, 0.6) is 5.75 Å². The zero-order valence-corrected chi connectivity index (χ0v) is 12.3. The van der Waals surface area contributed by atoms with E-state index in [1.54, 1.807) is 19.2 Å². The molecule has 5 heteroatoms. The quantitative estimate of drug-likeness (QED) is 0.892. The van der Waals surface area contributed by atoms with Crippen LogP contribution in [0.25, 0.3) is 0 Å². The SMILES string of the molecule is COc1ccccc1N1CC(=O)NC(C(C)(C)C)C1=O. The number of rotatable bonds is 2. The number of methoxy groups -OCH3 is 1. The van der Waals surface area contributed by atoms with Crippen LogP contribution in [-0.4, -0.2) is 31.5 Å². The number of carbonyl (C=O) groups is 2. The minimum absolute atomic E-state index is 0.0196. The summed E-state index contributed by atoms with van der Waals surface area (Å²) in [5.74, 6) is 0.320. The third kappa shape index (κ3) is 2.61. The van der Waals surface area contributed by atoms with E-state index >= 15 is 0 Å². The van der Waals surface area contributed by atoms with Crippen molar-refractivity contribution in [3.63, 3.8) is 0 Å². The van der Waals surface area contributed by atoms with E-state index in [0.29, 0.717) is 11.4 Å². The summed E-state index contributed by atoms with van der Waals surface area (Å²) in [7, 11) is 1.55. The number of carbonyl (C=O) groups excluding carboxylic acids is 2. The Balaban J connectivity index is 2.40. The van der Waals surface area contributed by atoms with Crippen LogP contribution in [0.3, 0.4) is 0 Å². The molecular weight excluding hydrogens is 256 g/mol. The summed E-state index contributed by atoms with van der Waals surface area (Å²) < 4.78 is 5.28. The van der Waals surface area contributed by atoms with Crippen LogP contribution in [0.4, 0.5) is 5.69 Å². The second-order valence-corrected chi connectivity index (χ2v) is 5.96. The molecule has 0 aromatic heterocycles. The Hall–Kier alpha value is -2.04. The van der Waals surface area contributed by atoms with Crippen LogP contribution in [0.2, 0.25) is 0 Å². The molecular formula is C15H20N2O3. The number of nitrogens with zero attached hydrogens (tertiary/aromatic N) is 1. The van der Waals surface area contributed by atoms with Crippen molar-refractivity contribution in [3.05, 3.63) is 24.3 Å². The minimum Gasteiger partial charge on any atom is -0.495 e. The van der Waals surface area contributed by atoms with Gasteiger partial charge in [-0.2, -0.15) is 0 Å². The second kappa shape index (κ2) is 5.15. The number of piperazine rings is 1. The van der Waals surface area contributed by atoms with Gasteiger partial charge in [-0.15, -0.1) is 0 Å². The summed E-state index contributed by atoms with van der Waals surface area (Å²) in [6.45, 7) is 5.82. The Labute approximate surface area is 118 Å². The number of amides is 2. The topological polar surface area (TPSA) is 58.6 Å². The maximum atomic E-state index is 12.6. The molecule has 1 aromatic rings. The second-order valence-electron chi connectivity index (χ2n) is 5.96. The van der Waals surface area contributed by atoms with Gasteiger partial charge >= 0.3 is 0 Å². The van der Waals surface area contributed by atoms with Crippen LogP contribution >= 0.6 is 0 Å². The van der Waals surface area contributed by atoms with E-state index in [0.717, 1.165) is 0 Å². The van der Waals surface area contributed by atoms with Crippen LogP contribution in [-0.2, 0) is 9.59 Å². The molecule has 0 bridgehead atoms. The highest BCUT2D eigenvalue weighted by molar-refractivity contribution is 6.07. The lowest BCUT2D eigenvalue weighted by Gasteiger charge is -2.39. The molecule has 108 valence electrons. The highest BCUT2D eigenvalue weighted by Gasteiger charge is 2.41. The fraction of sp³-hybridized carbons (Fsp3) is 0.467. The standard InChI is InChI=1S/C15H20N2O3/c1-15(2,3)13-14(19)17(9-12(18)16-13)10-7-5-6-8-11(10)20-4/h5-8,13H,9H2,1-4H3,(H,16,18). The van der Waals surface area contributed by atoms with Crippen molar-refractivity contribution < 1.29 is 14.3 Å². The number of hydrogen-bond acceptors (Lipinski definition) is 3. The van der Waals surface area contributed by atoms with Gasteiger partial charge in [-0.05, 0) is 17.5 Å². The molecule has 2 amide bonds. The zero-order valence-electron chi connectivity index (χ0n) is 12.3. The van der Waals surface area contributed by atoms with E-state index in [4.69, 9.17) is 4.74 Å². The van der Waals surface area contributed by atoms with Crippen molar-refractivity contribution in [1.82, 2.24) is 5.32 Å². The van der Waals surface area contributed by atoms with Gasteiger partial charge in [0.05, 0.1) is 12.8 Å². The predicted octanol–water partition coefficient (Wildman–Crippen LogP) is 1.57. The Morgan fingerprint density at radius 1 is 1.25 bits per heavy atom. The van der Waals surface area contributed by atoms with Crippen LogP contribution in [0.1, 0.15) is 20.8 Å². The summed E-state index contributed by atoms with van der Waals surface area (Å²) in [6.07, 6.45) is 0. The zero-order chi connectivity index (χ0) is 14.9. The van der Waals surface area contributed by atoms with Crippen molar-refractivity contribution >= 4 is 17.5 Å². The summed E-state index contributed by atoms with van der Waals surface area (Å²) >= 11 is 0. The molecule has 1 fully saturated rings. The van der Waals surface area contributed by atoms with E-state index in [9.17, 15) is 9.59 Å². The molecule has 1 atom stereocenters.